The van der Waals surface area contributed by atoms with E-state index >= 15 is 0 Å². The highest BCUT2D eigenvalue weighted by atomic mass is 32.1. The third-order valence-electron chi connectivity index (χ3n) is 4.91. The maximum Gasteiger partial charge on any atom is 0.217 e. The van der Waals surface area contributed by atoms with E-state index in [4.69, 9.17) is 15.0 Å². The molecule has 0 radical (unpaired) electrons. The maximum absolute atomic E-state index is 11.6. The summed E-state index contributed by atoms with van der Waals surface area (Å²) in [5.74, 6) is 0.633. The molecule has 1 aliphatic rings. The number of ether oxygens (including phenoxy) is 1. The molecule has 0 fully saturated rings. The van der Waals surface area contributed by atoms with Crippen LogP contribution in [0.25, 0.3) is 16.9 Å². The molecule has 3 rings (SSSR count). The number of hydrogen-bond donors (Lipinski definition) is 2. The highest BCUT2D eigenvalue weighted by Crippen LogP contribution is 2.31. The third-order valence-corrected chi connectivity index (χ3v) is 5.59. The molecular formula is C20H27N3O3S. The van der Waals surface area contributed by atoms with Crippen LogP contribution in [0.2, 0.25) is 0 Å². The summed E-state index contributed by atoms with van der Waals surface area (Å²) in [7, 11) is 0. The standard InChI is InChI=1S/C20H27N3O3S/c1-4-15(5-2)25-19-9-14(8-16(21)20(19)22-12(3)24)17-10-18(26-23-17)13-6-7-27-11-13/h6-7,9-11,15-16,19-20H,4-5,8,21H2,1-3H3,(H,22,24)/t16-,19+,20+/m0/s1. The van der Waals surface area contributed by atoms with E-state index in [0.717, 1.165) is 35.4 Å². The first-order valence-corrected chi connectivity index (χ1v) is 10.3. The molecule has 0 aliphatic heterocycles. The molecule has 1 aliphatic carbocycles. The summed E-state index contributed by atoms with van der Waals surface area (Å²) in [6.45, 7) is 5.70. The van der Waals surface area contributed by atoms with E-state index in [2.05, 4.69) is 24.3 Å². The second kappa shape index (κ2) is 8.82. The fourth-order valence-corrected chi connectivity index (χ4v) is 4.05. The van der Waals surface area contributed by atoms with Crippen LogP contribution < -0.4 is 11.1 Å². The smallest absolute Gasteiger partial charge is 0.217 e. The number of thiophene rings is 1. The van der Waals surface area contributed by atoms with Crippen molar-refractivity contribution in [3.63, 3.8) is 0 Å². The number of hydrogen-bond acceptors (Lipinski definition) is 6. The van der Waals surface area contributed by atoms with Gasteiger partial charge < -0.3 is 20.3 Å². The van der Waals surface area contributed by atoms with Crippen molar-refractivity contribution in [1.29, 1.82) is 0 Å². The van der Waals surface area contributed by atoms with Gasteiger partial charge in [0.1, 0.15) is 5.69 Å². The van der Waals surface area contributed by atoms with Gasteiger partial charge in [0.05, 0.1) is 18.2 Å². The second-order valence-corrected chi connectivity index (χ2v) is 7.69. The molecule has 1 amide bonds. The molecule has 2 aromatic rings. The number of rotatable bonds is 7. The molecule has 27 heavy (non-hydrogen) atoms. The van der Waals surface area contributed by atoms with Gasteiger partial charge in [0.2, 0.25) is 5.91 Å². The minimum atomic E-state index is -0.293. The van der Waals surface area contributed by atoms with Crippen molar-refractivity contribution in [3.05, 3.63) is 34.7 Å². The Morgan fingerprint density at radius 2 is 2.26 bits per heavy atom. The monoisotopic (exact) mass is 389 g/mol. The topological polar surface area (TPSA) is 90.4 Å². The summed E-state index contributed by atoms with van der Waals surface area (Å²) < 4.78 is 11.8. The lowest BCUT2D eigenvalue weighted by molar-refractivity contribution is -0.121. The number of amides is 1. The average Bonchev–Trinajstić information content (AvgIpc) is 3.33. The summed E-state index contributed by atoms with van der Waals surface area (Å²) in [4.78, 5) is 11.6. The van der Waals surface area contributed by atoms with Crippen LogP contribution in [-0.2, 0) is 9.53 Å². The first-order chi connectivity index (χ1) is 13.0. The molecule has 2 aromatic heterocycles. The molecule has 0 saturated heterocycles. The van der Waals surface area contributed by atoms with Gasteiger partial charge in [-0.2, -0.15) is 11.3 Å². The summed E-state index contributed by atoms with van der Waals surface area (Å²) in [5.41, 5.74) is 9.19. The van der Waals surface area contributed by atoms with Gasteiger partial charge in [0.25, 0.3) is 0 Å². The van der Waals surface area contributed by atoms with Crippen LogP contribution in [-0.4, -0.2) is 35.4 Å². The Morgan fingerprint density at radius 3 is 2.89 bits per heavy atom. The van der Waals surface area contributed by atoms with Gasteiger partial charge in [-0.05, 0) is 42.4 Å². The number of aromatic nitrogens is 1. The summed E-state index contributed by atoms with van der Waals surface area (Å²) in [5, 5.41) is 11.2. The summed E-state index contributed by atoms with van der Waals surface area (Å²) >= 11 is 1.62. The Hall–Kier alpha value is -1.96. The van der Waals surface area contributed by atoms with Crippen molar-refractivity contribution in [3.8, 4) is 11.3 Å². The van der Waals surface area contributed by atoms with Gasteiger partial charge in [0, 0.05) is 30.0 Å². The Kier molecular flexibility index (Phi) is 6.46. The molecule has 0 aromatic carbocycles. The van der Waals surface area contributed by atoms with Gasteiger partial charge in [-0.25, -0.2) is 0 Å². The molecule has 0 bridgehead atoms. The molecule has 146 valence electrons. The van der Waals surface area contributed by atoms with Crippen molar-refractivity contribution in [2.75, 3.05) is 0 Å². The zero-order valence-electron chi connectivity index (χ0n) is 16.0. The molecule has 3 atom stereocenters. The normalized spacial score (nSPS) is 22.7. The molecule has 2 heterocycles. The molecule has 7 heteroatoms. The fraction of sp³-hybridized carbons (Fsp3) is 0.500. The molecule has 0 unspecified atom stereocenters. The van der Waals surface area contributed by atoms with Gasteiger partial charge in [-0.1, -0.05) is 19.0 Å². The van der Waals surface area contributed by atoms with Crippen LogP contribution in [0.5, 0.6) is 0 Å². The van der Waals surface area contributed by atoms with Gasteiger partial charge in [-0.3, -0.25) is 4.79 Å². The lowest BCUT2D eigenvalue weighted by Gasteiger charge is -2.36. The first-order valence-electron chi connectivity index (χ1n) is 9.40. The summed E-state index contributed by atoms with van der Waals surface area (Å²) in [6.07, 6.45) is 4.28. The Labute approximate surface area is 163 Å². The van der Waals surface area contributed by atoms with Gasteiger partial charge in [0.15, 0.2) is 5.76 Å². The Balaban J connectivity index is 1.88. The number of nitrogens with two attached hydrogens (primary N) is 1. The predicted molar refractivity (Wildman–Crippen MR) is 107 cm³/mol. The van der Waals surface area contributed by atoms with Gasteiger partial charge >= 0.3 is 0 Å². The quantitative estimate of drug-likeness (QED) is 0.755. The number of nitrogens with one attached hydrogen (secondary N) is 1. The molecule has 0 spiro atoms. The molecular weight excluding hydrogens is 362 g/mol. The number of carbonyl (C=O) groups excluding carboxylic acids is 1. The van der Waals surface area contributed by atoms with Crippen molar-refractivity contribution in [1.82, 2.24) is 10.5 Å². The average molecular weight is 390 g/mol. The second-order valence-electron chi connectivity index (χ2n) is 6.91. The van der Waals surface area contributed by atoms with Crippen molar-refractivity contribution < 1.29 is 14.1 Å². The third kappa shape index (κ3) is 4.66. The minimum absolute atomic E-state index is 0.105. The SMILES string of the molecule is CCC(CC)O[C@@H]1C=C(c2cc(-c3ccsc3)on2)C[C@H](N)[C@H]1NC(C)=O. The van der Waals surface area contributed by atoms with Crippen LogP contribution in [0.4, 0.5) is 0 Å². The summed E-state index contributed by atoms with van der Waals surface area (Å²) in [6, 6.07) is 3.43. The highest BCUT2D eigenvalue weighted by molar-refractivity contribution is 7.08. The largest absolute Gasteiger partial charge is 0.369 e. The minimum Gasteiger partial charge on any atom is -0.369 e. The molecule has 3 N–H and O–H groups in total. The van der Waals surface area contributed by atoms with Crippen molar-refractivity contribution >= 4 is 22.8 Å². The van der Waals surface area contributed by atoms with Crippen LogP contribution in [0.15, 0.2) is 33.5 Å². The van der Waals surface area contributed by atoms with E-state index in [1.165, 1.54) is 6.92 Å². The van der Waals surface area contributed by atoms with Crippen LogP contribution in [0, 0.1) is 0 Å². The zero-order chi connectivity index (χ0) is 19.4. The number of nitrogens with zero attached hydrogens (tertiary/aromatic N) is 1. The van der Waals surface area contributed by atoms with E-state index in [1.54, 1.807) is 11.3 Å². The lowest BCUT2D eigenvalue weighted by atomic mass is 9.86. The van der Waals surface area contributed by atoms with Crippen LogP contribution >= 0.6 is 11.3 Å². The van der Waals surface area contributed by atoms with Crippen molar-refractivity contribution in [2.24, 2.45) is 5.73 Å². The number of carbonyl (C=O) groups is 1. The van der Waals surface area contributed by atoms with Crippen LogP contribution in [0.1, 0.15) is 45.7 Å². The predicted octanol–water partition coefficient (Wildman–Crippen LogP) is 3.60. The van der Waals surface area contributed by atoms with E-state index in [9.17, 15) is 4.79 Å². The van der Waals surface area contributed by atoms with E-state index < -0.39 is 0 Å². The lowest BCUT2D eigenvalue weighted by Crippen LogP contribution is -2.56. The molecule has 0 saturated carbocycles. The van der Waals surface area contributed by atoms with E-state index in [-0.39, 0.29) is 30.2 Å². The van der Waals surface area contributed by atoms with E-state index in [0.29, 0.717) is 6.42 Å². The van der Waals surface area contributed by atoms with Crippen molar-refractivity contribution in [2.45, 2.75) is 64.3 Å². The van der Waals surface area contributed by atoms with Crippen LogP contribution in [0.3, 0.4) is 0 Å². The first kappa shape index (κ1) is 19.8. The fourth-order valence-electron chi connectivity index (χ4n) is 3.40. The highest BCUT2D eigenvalue weighted by Gasteiger charge is 2.34. The maximum atomic E-state index is 11.6. The molecule has 6 nitrogen and oxygen atoms in total. The van der Waals surface area contributed by atoms with Gasteiger partial charge in [-0.15, -0.1) is 0 Å². The Morgan fingerprint density at radius 1 is 1.48 bits per heavy atom. The Bertz CT molecular complexity index is 780. The zero-order valence-corrected chi connectivity index (χ0v) is 16.8. The van der Waals surface area contributed by atoms with E-state index in [1.807, 2.05) is 29.0 Å².